The monoisotopic (exact) mass is 389 g/mol. The number of aliphatic hydroxyl groups excluding tert-OH is 1. The van der Waals surface area contributed by atoms with Gasteiger partial charge in [0.1, 0.15) is 5.75 Å². The van der Waals surface area contributed by atoms with E-state index in [-0.39, 0.29) is 24.4 Å². The van der Waals surface area contributed by atoms with E-state index in [1.54, 1.807) is 31.5 Å². The van der Waals surface area contributed by atoms with Crippen molar-refractivity contribution in [2.45, 2.75) is 6.54 Å². The molecule has 0 aliphatic heterocycles. The SMILES string of the molecule is COc1ccc(-c2[nH]n(CCO)c(=O)c2N=Nc2ccc3ncccc3c2)cc1. The number of H-pyrrole nitrogens is 1. The Morgan fingerprint density at radius 1 is 1.14 bits per heavy atom. The van der Waals surface area contributed by atoms with Crippen molar-refractivity contribution >= 4 is 22.3 Å². The predicted octanol–water partition coefficient (Wildman–Crippen LogP) is 3.81. The van der Waals surface area contributed by atoms with Gasteiger partial charge in [0.15, 0.2) is 5.69 Å². The van der Waals surface area contributed by atoms with Crippen molar-refractivity contribution in [1.29, 1.82) is 0 Å². The van der Waals surface area contributed by atoms with Gasteiger partial charge in [-0.15, -0.1) is 5.11 Å². The lowest BCUT2D eigenvalue weighted by atomic mass is 10.1. The Morgan fingerprint density at radius 3 is 2.72 bits per heavy atom. The Bertz CT molecular complexity index is 1230. The maximum absolute atomic E-state index is 12.7. The highest BCUT2D eigenvalue weighted by Crippen LogP contribution is 2.29. The zero-order valence-corrected chi connectivity index (χ0v) is 15.7. The van der Waals surface area contributed by atoms with Crippen LogP contribution in [0.15, 0.2) is 75.8 Å². The first-order chi connectivity index (χ1) is 14.2. The second-order valence-corrected chi connectivity index (χ2v) is 6.32. The van der Waals surface area contributed by atoms with Crippen LogP contribution in [0, 0.1) is 0 Å². The molecule has 0 fully saturated rings. The topological polar surface area (TPSA) is 105 Å². The van der Waals surface area contributed by atoms with Crippen molar-refractivity contribution in [2.75, 3.05) is 13.7 Å². The van der Waals surface area contributed by atoms with Crippen LogP contribution in [0.5, 0.6) is 5.75 Å². The highest BCUT2D eigenvalue weighted by molar-refractivity contribution is 5.81. The predicted molar refractivity (Wildman–Crippen MR) is 110 cm³/mol. The van der Waals surface area contributed by atoms with Crippen molar-refractivity contribution in [3.05, 3.63) is 71.1 Å². The van der Waals surface area contributed by atoms with Crippen LogP contribution in [0.3, 0.4) is 0 Å². The first kappa shape index (κ1) is 18.6. The van der Waals surface area contributed by atoms with Crippen LogP contribution in [-0.2, 0) is 6.54 Å². The first-order valence-corrected chi connectivity index (χ1v) is 9.04. The van der Waals surface area contributed by atoms with Crippen molar-refractivity contribution in [2.24, 2.45) is 10.2 Å². The molecular formula is C21H19N5O3. The molecule has 4 rings (SSSR count). The van der Waals surface area contributed by atoms with E-state index in [2.05, 4.69) is 20.3 Å². The molecule has 8 heteroatoms. The molecule has 146 valence electrons. The summed E-state index contributed by atoms with van der Waals surface area (Å²) in [4.78, 5) is 17.0. The van der Waals surface area contributed by atoms with Crippen LogP contribution in [0.25, 0.3) is 22.2 Å². The summed E-state index contributed by atoms with van der Waals surface area (Å²) in [6.45, 7) is -0.0319. The molecule has 0 atom stereocenters. The highest BCUT2D eigenvalue weighted by atomic mass is 16.5. The molecule has 0 spiro atoms. The van der Waals surface area contributed by atoms with Gasteiger partial charge in [0, 0.05) is 17.1 Å². The average molecular weight is 389 g/mol. The third-order valence-corrected chi connectivity index (χ3v) is 4.49. The molecule has 2 aromatic carbocycles. The highest BCUT2D eigenvalue weighted by Gasteiger charge is 2.16. The number of fused-ring (bicyclic) bond motifs is 1. The number of aromatic nitrogens is 3. The van der Waals surface area contributed by atoms with Crippen LogP contribution in [0.4, 0.5) is 11.4 Å². The van der Waals surface area contributed by atoms with Crippen molar-refractivity contribution in [3.63, 3.8) is 0 Å². The zero-order valence-electron chi connectivity index (χ0n) is 15.7. The van der Waals surface area contributed by atoms with Gasteiger partial charge in [-0.2, -0.15) is 5.11 Å². The first-order valence-electron chi connectivity index (χ1n) is 9.04. The smallest absolute Gasteiger partial charge is 0.295 e. The number of hydrogen-bond donors (Lipinski definition) is 2. The van der Waals surface area contributed by atoms with Gasteiger partial charge >= 0.3 is 0 Å². The molecule has 0 saturated heterocycles. The second kappa shape index (κ2) is 8.07. The summed E-state index contributed by atoms with van der Waals surface area (Å²) in [6, 6.07) is 16.6. The van der Waals surface area contributed by atoms with Gasteiger partial charge in [-0.25, -0.2) is 4.68 Å². The molecule has 0 aliphatic rings. The maximum Gasteiger partial charge on any atom is 0.295 e. The quantitative estimate of drug-likeness (QED) is 0.489. The van der Waals surface area contributed by atoms with E-state index >= 15 is 0 Å². The number of hydrogen-bond acceptors (Lipinski definition) is 6. The van der Waals surface area contributed by atoms with E-state index < -0.39 is 0 Å². The van der Waals surface area contributed by atoms with Crippen LogP contribution in [-0.4, -0.2) is 33.6 Å². The summed E-state index contributed by atoms with van der Waals surface area (Å²) in [5, 5.41) is 21.7. The van der Waals surface area contributed by atoms with E-state index in [0.717, 1.165) is 16.5 Å². The van der Waals surface area contributed by atoms with Crippen molar-refractivity contribution in [3.8, 4) is 17.0 Å². The Labute approximate surface area is 166 Å². The minimum absolute atomic E-state index is 0.138. The summed E-state index contributed by atoms with van der Waals surface area (Å²) in [5.41, 5.74) is 2.58. The maximum atomic E-state index is 12.7. The van der Waals surface area contributed by atoms with Crippen molar-refractivity contribution < 1.29 is 9.84 Å². The lowest BCUT2D eigenvalue weighted by Gasteiger charge is -2.02. The van der Waals surface area contributed by atoms with Crippen LogP contribution >= 0.6 is 0 Å². The molecule has 0 amide bonds. The second-order valence-electron chi connectivity index (χ2n) is 6.32. The fraction of sp³-hybridized carbons (Fsp3) is 0.143. The minimum atomic E-state index is -0.351. The van der Waals surface area contributed by atoms with Gasteiger partial charge < -0.3 is 9.84 Å². The van der Waals surface area contributed by atoms with E-state index in [4.69, 9.17) is 4.74 Å². The number of azo groups is 1. The summed E-state index contributed by atoms with van der Waals surface area (Å²) in [6.07, 6.45) is 1.73. The molecule has 2 heterocycles. The Hall–Kier alpha value is -3.78. The normalized spacial score (nSPS) is 11.4. The average Bonchev–Trinajstić information content (AvgIpc) is 3.08. The van der Waals surface area contributed by atoms with Crippen LogP contribution in [0.2, 0.25) is 0 Å². The van der Waals surface area contributed by atoms with Crippen molar-refractivity contribution in [1.82, 2.24) is 14.8 Å². The Morgan fingerprint density at radius 2 is 1.97 bits per heavy atom. The van der Waals surface area contributed by atoms with Crippen LogP contribution in [0.1, 0.15) is 0 Å². The number of ether oxygens (including phenoxy) is 1. The molecule has 0 bridgehead atoms. The van der Waals surface area contributed by atoms with Gasteiger partial charge in [-0.3, -0.25) is 14.9 Å². The van der Waals surface area contributed by atoms with E-state index in [1.165, 1.54) is 4.68 Å². The number of benzene rings is 2. The molecule has 0 radical (unpaired) electrons. The van der Waals surface area contributed by atoms with Gasteiger partial charge in [-0.1, -0.05) is 6.07 Å². The standard InChI is InChI=1S/C21H19N5O3/c1-29-17-7-4-14(5-8-17)19-20(21(28)26(25-19)11-12-27)24-23-16-6-9-18-15(13-16)3-2-10-22-18/h2-10,13,25,27H,11-12H2,1H3. The number of methoxy groups -OCH3 is 1. The van der Waals surface area contributed by atoms with Gasteiger partial charge in [0.2, 0.25) is 0 Å². The molecule has 0 saturated carbocycles. The van der Waals surface area contributed by atoms with Gasteiger partial charge in [0.05, 0.1) is 37.2 Å². The molecule has 2 aromatic heterocycles. The number of aromatic amines is 1. The fourth-order valence-corrected chi connectivity index (χ4v) is 3.02. The molecular weight excluding hydrogens is 370 g/mol. The summed E-state index contributed by atoms with van der Waals surface area (Å²) in [5.74, 6) is 0.707. The largest absolute Gasteiger partial charge is 0.497 e. The third kappa shape index (κ3) is 3.78. The van der Waals surface area contributed by atoms with E-state index in [9.17, 15) is 9.90 Å². The fourth-order valence-electron chi connectivity index (χ4n) is 3.02. The molecule has 0 aliphatic carbocycles. The number of rotatable bonds is 6. The third-order valence-electron chi connectivity index (χ3n) is 4.49. The van der Waals surface area contributed by atoms with E-state index in [1.807, 2.05) is 36.4 Å². The summed E-state index contributed by atoms with van der Waals surface area (Å²) < 4.78 is 6.50. The van der Waals surface area contributed by atoms with E-state index in [0.29, 0.717) is 17.1 Å². The Kier molecular flexibility index (Phi) is 5.17. The summed E-state index contributed by atoms with van der Waals surface area (Å²) >= 11 is 0. The molecule has 2 N–H and O–H groups in total. The lowest BCUT2D eigenvalue weighted by molar-refractivity contribution is 0.267. The number of pyridine rings is 1. The molecule has 4 aromatic rings. The van der Waals surface area contributed by atoms with Crippen LogP contribution < -0.4 is 10.3 Å². The number of nitrogens with zero attached hydrogens (tertiary/aromatic N) is 4. The zero-order chi connectivity index (χ0) is 20.2. The molecule has 8 nitrogen and oxygen atoms in total. The number of aliphatic hydroxyl groups is 1. The molecule has 29 heavy (non-hydrogen) atoms. The summed E-state index contributed by atoms with van der Waals surface area (Å²) in [7, 11) is 1.59. The van der Waals surface area contributed by atoms with Gasteiger partial charge in [-0.05, 0) is 48.5 Å². The Balaban J connectivity index is 1.76. The minimum Gasteiger partial charge on any atom is -0.497 e. The number of nitrogens with one attached hydrogen (secondary N) is 1. The molecule has 0 unspecified atom stereocenters. The van der Waals surface area contributed by atoms with Gasteiger partial charge in [0.25, 0.3) is 5.56 Å². The lowest BCUT2D eigenvalue weighted by Crippen LogP contribution is -2.18.